The molecule has 2 rings (SSSR count). The molecule has 0 radical (unpaired) electrons. The van der Waals surface area contributed by atoms with Gasteiger partial charge >= 0.3 is 0 Å². The first-order chi connectivity index (χ1) is 10.2. The Labute approximate surface area is 125 Å². The molecule has 0 spiro atoms. The first-order valence-corrected chi connectivity index (χ1v) is 7.04. The van der Waals surface area contributed by atoms with E-state index in [9.17, 15) is 4.79 Å². The second kappa shape index (κ2) is 7.85. The molecule has 0 atom stereocenters. The molecule has 0 aromatic heterocycles. The van der Waals surface area contributed by atoms with Crippen LogP contribution in [0.2, 0.25) is 0 Å². The largest absolute Gasteiger partial charge is 0.497 e. The molecule has 1 aliphatic rings. The molecule has 1 aromatic carbocycles. The number of benzene rings is 1. The van der Waals surface area contributed by atoms with E-state index in [-0.39, 0.29) is 12.5 Å². The van der Waals surface area contributed by atoms with Crippen LogP contribution in [0.25, 0.3) is 0 Å². The van der Waals surface area contributed by atoms with Gasteiger partial charge < -0.3 is 24.4 Å². The lowest BCUT2D eigenvalue weighted by molar-refractivity contribution is -0.137. The van der Waals surface area contributed by atoms with Gasteiger partial charge in [-0.2, -0.15) is 0 Å². The number of nitrogens with zero attached hydrogens (tertiary/aromatic N) is 1. The van der Waals surface area contributed by atoms with Gasteiger partial charge in [-0.25, -0.2) is 0 Å². The van der Waals surface area contributed by atoms with Gasteiger partial charge in [0.1, 0.15) is 11.5 Å². The number of carbonyl (C=O) groups is 1. The van der Waals surface area contributed by atoms with Gasteiger partial charge in [-0.1, -0.05) is 6.07 Å². The number of methoxy groups -OCH3 is 1. The number of rotatable bonds is 6. The highest BCUT2D eigenvalue weighted by Gasteiger charge is 2.17. The molecule has 6 nitrogen and oxygen atoms in total. The van der Waals surface area contributed by atoms with E-state index in [0.717, 1.165) is 5.56 Å². The van der Waals surface area contributed by atoms with E-state index >= 15 is 0 Å². The highest BCUT2D eigenvalue weighted by molar-refractivity contribution is 5.77. The van der Waals surface area contributed by atoms with Gasteiger partial charge in [-0.05, 0) is 13.1 Å². The molecule has 1 amide bonds. The summed E-state index contributed by atoms with van der Waals surface area (Å²) in [4.78, 5) is 13.9. The summed E-state index contributed by atoms with van der Waals surface area (Å²) in [6.07, 6.45) is 0. The van der Waals surface area contributed by atoms with Gasteiger partial charge in [0.2, 0.25) is 0 Å². The number of nitrogens with one attached hydrogen (secondary N) is 1. The summed E-state index contributed by atoms with van der Waals surface area (Å²) in [7, 11) is 3.47. The standard InChI is InChI=1S/C15H22N2O4/c1-16-10-12-3-4-13(19-2)9-14(12)21-11-15(18)17-5-7-20-8-6-17/h3-4,9,16H,5-8,10-11H2,1-2H3. The molecule has 0 aliphatic carbocycles. The van der Waals surface area contributed by atoms with Crippen molar-refractivity contribution in [2.45, 2.75) is 6.54 Å². The summed E-state index contributed by atoms with van der Waals surface area (Å²) in [6.45, 7) is 3.15. The van der Waals surface area contributed by atoms with Crippen LogP contribution in [0.3, 0.4) is 0 Å². The zero-order valence-corrected chi connectivity index (χ0v) is 12.6. The number of carbonyl (C=O) groups excluding carboxylic acids is 1. The van der Waals surface area contributed by atoms with Crippen LogP contribution < -0.4 is 14.8 Å². The summed E-state index contributed by atoms with van der Waals surface area (Å²) in [6, 6.07) is 5.62. The SMILES string of the molecule is CNCc1ccc(OC)cc1OCC(=O)N1CCOCC1. The van der Waals surface area contributed by atoms with E-state index in [1.54, 1.807) is 18.1 Å². The number of morpholine rings is 1. The first kappa shape index (κ1) is 15.6. The summed E-state index contributed by atoms with van der Waals surface area (Å²) < 4.78 is 16.1. The molecular weight excluding hydrogens is 272 g/mol. The third-order valence-corrected chi connectivity index (χ3v) is 3.36. The van der Waals surface area contributed by atoms with Crippen LogP contribution in [0.15, 0.2) is 18.2 Å². The van der Waals surface area contributed by atoms with E-state index in [1.165, 1.54) is 0 Å². The minimum atomic E-state index is -0.0171. The van der Waals surface area contributed by atoms with Gasteiger partial charge in [-0.3, -0.25) is 4.79 Å². The third kappa shape index (κ3) is 4.34. The van der Waals surface area contributed by atoms with Crippen molar-refractivity contribution in [3.05, 3.63) is 23.8 Å². The Bertz CT molecular complexity index is 473. The average Bonchev–Trinajstić information content (AvgIpc) is 2.54. The maximum absolute atomic E-state index is 12.1. The molecule has 21 heavy (non-hydrogen) atoms. The number of ether oxygens (including phenoxy) is 3. The fourth-order valence-corrected chi connectivity index (χ4v) is 2.18. The second-order valence-corrected chi connectivity index (χ2v) is 4.79. The first-order valence-electron chi connectivity index (χ1n) is 7.04. The molecule has 1 saturated heterocycles. The fourth-order valence-electron chi connectivity index (χ4n) is 2.18. The highest BCUT2D eigenvalue weighted by atomic mass is 16.5. The molecule has 0 unspecified atom stereocenters. The topological polar surface area (TPSA) is 60.0 Å². The van der Waals surface area contributed by atoms with Gasteiger partial charge in [0.05, 0.1) is 20.3 Å². The summed E-state index contributed by atoms with van der Waals surface area (Å²) in [5, 5.41) is 3.08. The smallest absolute Gasteiger partial charge is 0.260 e. The number of hydrogen-bond donors (Lipinski definition) is 1. The van der Waals surface area contributed by atoms with Crippen molar-refractivity contribution in [2.24, 2.45) is 0 Å². The monoisotopic (exact) mass is 294 g/mol. The molecule has 0 bridgehead atoms. The van der Waals surface area contributed by atoms with Crippen molar-refractivity contribution in [2.75, 3.05) is 47.1 Å². The van der Waals surface area contributed by atoms with Gasteiger partial charge in [0.15, 0.2) is 6.61 Å². The Morgan fingerprint density at radius 1 is 1.38 bits per heavy atom. The summed E-state index contributed by atoms with van der Waals surface area (Å²) in [5.74, 6) is 1.37. The van der Waals surface area contributed by atoms with E-state index in [0.29, 0.717) is 44.3 Å². The molecule has 1 heterocycles. The molecule has 116 valence electrons. The van der Waals surface area contributed by atoms with Crippen LogP contribution >= 0.6 is 0 Å². The fraction of sp³-hybridized carbons (Fsp3) is 0.533. The summed E-state index contributed by atoms with van der Waals surface area (Å²) in [5.41, 5.74) is 0.994. The average molecular weight is 294 g/mol. The lowest BCUT2D eigenvalue weighted by Gasteiger charge is -2.26. The predicted molar refractivity (Wildman–Crippen MR) is 78.7 cm³/mol. The molecule has 1 fully saturated rings. The van der Waals surface area contributed by atoms with E-state index in [4.69, 9.17) is 14.2 Å². The normalized spacial score (nSPS) is 14.9. The van der Waals surface area contributed by atoms with Gasteiger partial charge in [-0.15, -0.1) is 0 Å². The molecule has 6 heteroatoms. The Hall–Kier alpha value is -1.79. The van der Waals surface area contributed by atoms with Crippen molar-refractivity contribution < 1.29 is 19.0 Å². The van der Waals surface area contributed by atoms with Crippen molar-refractivity contribution in [3.63, 3.8) is 0 Å². The Morgan fingerprint density at radius 3 is 2.81 bits per heavy atom. The van der Waals surface area contributed by atoms with Crippen LogP contribution in [-0.4, -0.2) is 57.9 Å². The zero-order chi connectivity index (χ0) is 15.1. The van der Waals surface area contributed by atoms with Crippen molar-refractivity contribution in [1.29, 1.82) is 0 Å². The molecule has 1 aliphatic heterocycles. The van der Waals surface area contributed by atoms with Crippen LogP contribution in [0.4, 0.5) is 0 Å². The van der Waals surface area contributed by atoms with Crippen LogP contribution in [0.1, 0.15) is 5.56 Å². The van der Waals surface area contributed by atoms with E-state index < -0.39 is 0 Å². The van der Waals surface area contributed by atoms with Gasteiger partial charge in [0, 0.05) is 31.3 Å². The minimum absolute atomic E-state index is 0.0171. The van der Waals surface area contributed by atoms with Crippen LogP contribution in [0.5, 0.6) is 11.5 Å². The highest BCUT2D eigenvalue weighted by Crippen LogP contribution is 2.24. The zero-order valence-electron chi connectivity index (χ0n) is 12.6. The molecule has 0 saturated carbocycles. The second-order valence-electron chi connectivity index (χ2n) is 4.79. The van der Waals surface area contributed by atoms with E-state index in [2.05, 4.69) is 5.32 Å². The number of amides is 1. The Morgan fingerprint density at radius 2 is 2.14 bits per heavy atom. The lowest BCUT2D eigenvalue weighted by Crippen LogP contribution is -2.43. The van der Waals surface area contributed by atoms with Crippen LogP contribution in [-0.2, 0) is 16.1 Å². The lowest BCUT2D eigenvalue weighted by atomic mass is 10.2. The molecule has 1 N–H and O–H groups in total. The maximum Gasteiger partial charge on any atom is 0.260 e. The third-order valence-electron chi connectivity index (χ3n) is 3.36. The summed E-state index contributed by atoms with van der Waals surface area (Å²) >= 11 is 0. The number of hydrogen-bond acceptors (Lipinski definition) is 5. The quantitative estimate of drug-likeness (QED) is 0.835. The molecular formula is C15H22N2O4. The van der Waals surface area contributed by atoms with Gasteiger partial charge in [0.25, 0.3) is 5.91 Å². The predicted octanol–water partition coefficient (Wildman–Crippen LogP) is 0.652. The van der Waals surface area contributed by atoms with Crippen molar-refractivity contribution in [1.82, 2.24) is 10.2 Å². The van der Waals surface area contributed by atoms with Crippen molar-refractivity contribution >= 4 is 5.91 Å². The van der Waals surface area contributed by atoms with Crippen molar-refractivity contribution in [3.8, 4) is 11.5 Å². The maximum atomic E-state index is 12.1. The Kier molecular flexibility index (Phi) is 5.83. The Balaban J connectivity index is 1.98. The molecule has 1 aromatic rings. The van der Waals surface area contributed by atoms with Crippen LogP contribution in [0, 0.1) is 0 Å². The van der Waals surface area contributed by atoms with E-state index in [1.807, 2.05) is 19.2 Å². The minimum Gasteiger partial charge on any atom is -0.497 e.